The van der Waals surface area contributed by atoms with E-state index < -0.39 is 7.92 Å². The summed E-state index contributed by atoms with van der Waals surface area (Å²) < 4.78 is 0. The van der Waals surface area contributed by atoms with Crippen LogP contribution in [-0.2, 0) is 5.16 Å². The second-order valence-electron chi connectivity index (χ2n) is 9.37. The Kier molecular flexibility index (Phi) is 8.11. The minimum Gasteiger partial charge on any atom is -0.507 e. The topological polar surface area (TPSA) is 20.2 Å². The van der Waals surface area contributed by atoms with E-state index in [1.807, 2.05) is 6.92 Å². The van der Waals surface area contributed by atoms with Crippen LogP contribution in [0.15, 0.2) is 91.0 Å². The molecule has 4 rings (SSSR count). The van der Waals surface area contributed by atoms with Crippen molar-refractivity contribution in [3.8, 4) is 5.75 Å². The summed E-state index contributed by atoms with van der Waals surface area (Å²) in [6.45, 7) is 11.0. The first-order valence-corrected chi connectivity index (χ1v) is 14.8. The Bertz CT molecular complexity index is 1240. The van der Waals surface area contributed by atoms with Crippen molar-refractivity contribution in [2.45, 2.75) is 52.6 Å². The molecule has 0 saturated heterocycles. The normalized spacial score (nSPS) is 12.1. The van der Waals surface area contributed by atoms with Crippen LogP contribution in [0.3, 0.4) is 0 Å². The smallest absolute Gasteiger partial charge is 0.122 e. The molecular weight excluding hydrogens is 462 g/mol. The molecule has 0 aliphatic heterocycles. The average molecular weight is 499 g/mol. The van der Waals surface area contributed by atoms with E-state index in [9.17, 15) is 5.11 Å². The lowest BCUT2D eigenvalue weighted by molar-refractivity contribution is 0.444. The summed E-state index contributed by atoms with van der Waals surface area (Å²) in [6.07, 6.45) is 1.97. The predicted octanol–water partition coefficient (Wildman–Crippen LogP) is 7.09. The summed E-state index contributed by atoms with van der Waals surface area (Å²) in [5, 5.41) is 16.7. The van der Waals surface area contributed by atoms with Gasteiger partial charge in [-0.05, 0) is 73.9 Å². The lowest BCUT2D eigenvalue weighted by Crippen LogP contribution is -2.33. The maximum atomic E-state index is 11.2. The molecule has 4 aromatic carbocycles. The molecule has 0 heterocycles. The molecule has 0 fully saturated rings. The van der Waals surface area contributed by atoms with E-state index in [1.54, 1.807) is 0 Å². The summed E-state index contributed by atoms with van der Waals surface area (Å²) in [6, 6.07) is 33.0. The number of hydrogen-bond acceptors (Lipinski definition) is 1. The van der Waals surface area contributed by atoms with E-state index in [0.717, 1.165) is 24.0 Å². The maximum Gasteiger partial charge on any atom is 0.122 e. The highest BCUT2D eigenvalue weighted by atomic mass is 31.1. The van der Waals surface area contributed by atoms with Crippen molar-refractivity contribution in [2.75, 3.05) is 0 Å². The molecule has 35 heavy (non-hydrogen) atoms. The Hall–Kier alpha value is -2.46. The molecule has 1 nitrogen and oxygen atoms in total. The van der Waals surface area contributed by atoms with Crippen LogP contribution in [0.5, 0.6) is 5.75 Å². The summed E-state index contributed by atoms with van der Waals surface area (Å²) in [5.41, 5.74) is 4.63. The molecule has 0 saturated carbocycles. The van der Waals surface area contributed by atoms with Crippen molar-refractivity contribution in [3.63, 3.8) is 0 Å². The van der Waals surface area contributed by atoms with Gasteiger partial charge in [0.1, 0.15) is 5.75 Å². The second kappa shape index (κ2) is 11.1. The lowest BCUT2D eigenvalue weighted by Gasteiger charge is -2.36. The van der Waals surface area contributed by atoms with E-state index in [1.165, 1.54) is 32.3 Å². The quantitative estimate of drug-likeness (QED) is 0.257. The molecule has 180 valence electrons. The minimum atomic E-state index is -0.691. The first-order valence-electron chi connectivity index (χ1n) is 12.5. The van der Waals surface area contributed by atoms with Crippen LogP contribution in [0.2, 0.25) is 0 Å². The van der Waals surface area contributed by atoms with Crippen molar-refractivity contribution in [3.05, 3.63) is 113 Å². The van der Waals surface area contributed by atoms with Gasteiger partial charge in [0.25, 0.3) is 0 Å². The van der Waals surface area contributed by atoms with Crippen molar-refractivity contribution in [2.24, 2.45) is 0 Å². The molecule has 0 aliphatic rings. The fourth-order valence-corrected chi connectivity index (χ4v) is 9.60. The van der Waals surface area contributed by atoms with Gasteiger partial charge in [-0.1, -0.05) is 119 Å². The Balaban J connectivity index is 1.92. The minimum absolute atomic E-state index is 0.101. The Morgan fingerprint density at radius 1 is 0.714 bits per heavy atom. The Morgan fingerprint density at radius 3 is 1.83 bits per heavy atom. The molecule has 3 heteroatoms. The van der Waals surface area contributed by atoms with Gasteiger partial charge < -0.3 is 5.11 Å². The van der Waals surface area contributed by atoms with Gasteiger partial charge in [0.05, 0.1) is 0 Å². The third-order valence-electron chi connectivity index (χ3n) is 7.05. The Labute approximate surface area is 214 Å². The van der Waals surface area contributed by atoms with Crippen LogP contribution < -0.4 is 21.2 Å². The predicted molar refractivity (Wildman–Crippen MR) is 158 cm³/mol. The molecule has 0 aromatic heterocycles. The van der Waals surface area contributed by atoms with E-state index in [2.05, 4.69) is 119 Å². The van der Waals surface area contributed by atoms with Gasteiger partial charge in [0.15, 0.2) is 0 Å². The highest BCUT2D eigenvalue weighted by Crippen LogP contribution is 2.51. The van der Waals surface area contributed by atoms with Crippen LogP contribution >= 0.6 is 16.5 Å². The fraction of sp³-hybridized carbons (Fsp3) is 0.250. The molecule has 1 N–H and O–H groups in total. The molecule has 0 spiro atoms. The highest BCUT2D eigenvalue weighted by molar-refractivity contribution is 7.81. The van der Waals surface area contributed by atoms with Gasteiger partial charge >= 0.3 is 0 Å². The van der Waals surface area contributed by atoms with E-state index in [0.29, 0.717) is 14.3 Å². The molecule has 0 amide bonds. The molecule has 0 radical (unpaired) electrons. The summed E-state index contributed by atoms with van der Waals surface area (Å²) in [4.78, 5) is 0. The number of phenolic OH excluding ortho intramolecular Hbond substituents is 1. The zero-order chi connectivity index (χ0) is 25.0. The number of hydrogen-bond donors (Lipinski definition) is 1. The van der Waals surface area contributed by atoms with E-state index in [4.69, 9.17) is 0 Å². The molecule has 0 aliphatic carbocycles. The third-order valence-corrected chi connectivity index (χ3v) is 12.1. The van der Waals surface area contributed by atoms with Crippen molar-refractivity contribution in [1.29, 1.82) is 0 Å². The molecule has 1 unspecified atom stereocenters. The fourth-order valence-electron chi connectivity index (χ4n) is 5.02. The van der Waals surface area contributed by atoms with E-state index >= 15 is 0 Å². The lowest BCUT2D eigenvalue weighted by atomic mass is 9.89. The standard InChI is InChI=1S/C32H36OP2/c1-6-32(7-2,28-22-23(3)21-25(5)30(28)33)34-31-24(4)15-14-20-29(31)35(26-16-10-8-11-17-26)27-18-12-9-13-19-27/h8-22,33-34H,6-7H2,1-5H3. The van der Waals surface area contributed by atoms with Crippen LogP contribution in [0.1, 0.15) is 48.9 Å². The monoisotopic (exact) mass is 498 g/mol. The van der Waals surface area contributed by atoms with Gasteiger partial charge in [0, 0.05) is 10.7 Å². The number of phenols is 1. The van der Waals surface area contributed by atoms with Crippen molar-refractivity contribution >= 4 is 37.7 Å². The largest absolute Gasteiger partial charge is 0.507 e. The number of rotatable bonds is 8. The average Bonchev–Trinajstić information content (AvgIpc) is 2.88. The van der Waals surface area contributed by atoms with Gasteiger partial charge in [-0.3, -0.25) is 0 Å². The van der Waals surface area contributed by atoms with E-state index in [-0.39, 0.29) is 5.16 Å². The third kappa shape index (κ3) is 5.23. The maximum absolute atomic E-state index is 11.2. The zero-order valence-electron chi connectivity index (χ0n) is 21.5. The zero-order valence-corrected chi connectivity index (χ0v) is 23.4. The molecular formula is C32H36OP2. The number of aromatic hydroxyl groups is 1. The SMILES string of the molecule is CCC(CC)(Pc1c(C)cccc1P(c1ccccc1)c1ccccc1)c1cc(C)cc(C)c1O. The van der Waals surface area contributed by atoms with Gasteiger partial charge in [0.2, 0.25) is 0 Å². The summed E-state index contributed by atoms with van der Waals surface area (Å²) in [7, 11) is -0.122. The van der Waals surface area contributed by atoms with Crippen LogP contribution in [0, 0.1) is 20.8 Å². The second-order valence-corrected chi connectivity index (χ2v) is 13.3. The first-order chi connectivity index (χ1) is 16.9. The number of benzene rings is 4. The molecule has 0 bridgehead atoms. The first kappa shape index (κ1) is 25.6. The van der Waals surface area contributed by atoms with Crippen LogP contribution in [0.25, 0.3) is 0 Å². The Morgan fingerprint density at radius 2 is 1.29 bits per heavy atom. The molecule has 4 aromatic rings. The summed E-state index contributed by atoms with van der Waals surface area (Å²) >= 11 is 0. The van der Waals surface area contributed by atoms with Crippen molar-refractivity contribution in [1.82, 2.24) is 0 Å². The van der Waals surface area contributed by atoms with Gasteiger partial charge in [-0.2, -0.15) is 0 Å². The van der Waals surface area contributed by atoms with Crippen LogP contribution in [0.4, 0.5) is 0 Å². The summed E-state index contributed by atoms with van der Waals surface area (Å²) in [5.74, 6) is 0.468. The van der Waals surface area contributed by atoms with Crippen molar-refractivity contribution < 1.29 is 5.11 Å². The van der Waals surface area contributed by atoms with Gasteiger partial charge in [-0.15, -0.1) is 0 Å². The van der Waals surface area contributed by atoms with Gasteiger partial charge in [-0.25, -0.2) is 0 Å². The highest BCUT2D eigenvalue weighted by Gasteiger charge is 2.34. The number of aryl methyl sites for hydroxylation is 3. The molecule has 1 atom stereocenters. The van der Waals surface area contributed by atoms with Crippen LogP contribution in [-0.4, -0.2) is 5.11 Å².